The van der Waals surface area contributed by atoms with Gasteiger partial charge in [0.25, 0.3) is 0 Å². The zero-order chi connectivity index (χ0) is 34.2. The number of oxime groups is 1. The van der Waals surface area contributed by atoms with Crippen LogP contribution in [0.3, 0.4) is 0 Å². The van der Waals surface area contributed by atoms with E-state index in [1.807, 2.05) is 19.1 Å². The Kier molecular flexibility index (Phi) is 16.2. The molecule has 1 aromatic rings. The third kappa shape index (κ3) is 14.6. The molecule has 45 heavy (non-hydrogen) atoms. The molecule has 0 saturated heterocycles. The highest BCUT2D eigenvalue weighted by molar-refractivity contribution is 6.74. The first-order valence-electron chi connectivity index (χ1n) is 14.6. The van der Waals surface area contributed by atoms with E-state index in [1.54, 1.807) is 25.1 Å². The van der Waals surface area contributed by atoms with E-state index in [9.17, 15) is 29.7 Å². The zero-order valence-corrected chi connectivity index (χ0v) is 28.4. The quantitative estimate of drug-likeness (QED) is 0.0433. The van der Waals surface area contributed by atoms with Gasteiger partial charge < -0.3 is 34.6 Å². The molecule has 12 heteroatoms. The summed E-state index contributed by atoms with van der Waals surface area (Å²) in [6.07, 6.45) is 9.68. The molecule has 0 bridgehead atoms. The monoisotopic (exact) mass is 644 g/mol. The molecular formula is C33H48N2O9Si. The number of hydrogen-bond donors (Lipinski definition) is 4. The van der Waals surface area contributed by atoms with Gasteiger partial charge in [-0.1, -0.05) is 62.4 Å². The van der Waals surface area contributed by atoms with Crippen LogP contribution in [0.15, 0.2) is 71.6 Å². The molecule has 0 spiro atoms. The summed E-state index contributed by atoms with van der Waals surface area (Å²) in [5, 5.41) is 35.7. The molecule has 1 rings (SSSR count). The lowest BCUT2D eigenvalue weighted by Gasteiger charge is -2.39. The number of ether oxygens (including phenoxy) is 1. The number of nitrogens with zero attached hydrogens (tertiary/aromatic N) is 1. The summed E-state index contributed by atoms with van der Waals surface area (Å²) in [4.78, 5) is 41.0. The summed E-state index contributed by atoms with van der Waals surface area (Å²) in [7, 11) is -0.820. The van der Waals surface area contributed by atoms with Crippen LogP contribution < -0.4 is 5.32 Å². The lowest BCUT2D eigenvalue weighted by atomic mass is 10.0. The molecule has 248 valence electrons. The molecule has 0 aliphatic rings. The van der Waals surface area contributed by atoms with E-state index in [2.05, 4.69) is 49.2 Å². The summed E-state index contributed by atoms with van der Waals surface area (Å²) in [6.45, 7) is 14.3. The molecule has 0 aliphatic carbocycles. The fourth-order valence-electron chi connectivity index (χ4n) is 3.63. The molecule has 1 aromatic carbocycles. The first-order valence-corrected chi connectivity index (χ1v) is 17.5. The van der Waals surface area contributed by atoms with Crippen LogP contribution in [0.5, 0.6) is 5.75 Å². The number of carbonyl (C=O) groups excluding carboxylic acids is 2. The maximum absolute atomic E-state index is 13.3. The number of aromatic hydroxyl groups is 1. The van der Waals surface area contributed by atoms with Gasteiger partial charge in [0.1, 0.15) is 24.5 Å². The summed E-state index contributed by atoms with van der Waals surface area (Å²) in [5.74, 6) is -2.81. The van der Waals surface area contributed by atoms with Crippen LogP contribution in [0, 0.1) is 0 Å². The van der Waals surface area contributed by atoms with Crippen molar-refractivity contribution in [2.24, 2.45) is 5.16 Å². The highest BCUT2D eigenvalue weighted by Crippen LogP contribution is 2.38. The number of aliphatic hydroxyl groups excluding tert-OH is 1. The van der Waals surface area contributed by atoms with Crippen LogP contribution in [-0.4, -0.2) is 73.1 Å². The number of carboxylic acids is 1. The van der Waals surface area contributed by atoms with Gasteiger partial charge in [0.15, 0.2) is 8.32 Å². The van der Waals surface area contributed by atoms with Gasteiger partial charge in [-0.25, -0.2) is 4.79 Å². The maximum Gasteiger partial charge on any atom is 0.342 e. The molecule has 11 nitrogen and oxygen atoms in total. The predicted octanol–water partition coefficient (Wildman–Crippen LogP) is 5.42. The van der Waals surface area contributed by atoms with Crippen LogP contribution >= 0.6 is 0 Å². The number of amides is 1. The minimum absolute atomic E-state index is 0.00279. The van der Waals surface area contributed by atoms with Crippen molar-refractivity contribution in [1.82, 2.24) is 5.32 Å². The van der Waals surface area contributed by atoms with Gasteiger partial charge >= 0.3 is 11.9 Å². The second kappa shape index (κ2) is 18.7. The Bertz CT molecular complexity index is 1290. The fraction of sp³-hybridized carbons (Fsp3) is 0.455. The normalized spacial score (nSPS) is 15.1. The number of benzene rings is 1. The minimum Gasteiger partial charge on any atom is -0.507 e. The van der Waals surface area contributed by atoms with Crippen LogP contribution in [0.1, 0.15) is 63.4 Å². The highest BCUT2D eigenvalue weighted by atomic mass is 28.4. The van der Waals surface area contributed by atoms with E-state index < -0.39 is 50.9 Å². The van der Waals surface area contributed by atoms with E-state index in [0.29, 0.717) is 5.56 Å². The lowest BCUT2D eigenvalue weighted by Crippen LogP contribution is -2.43. The number of rotatable bonds is 17. The number of phenolic OH excluding ortho intramolecular Hbond substituents is 1. The maximum atomic E-state index is 13.3. The van der Waals surface area contributed by atoms with E-state index in [4.69, 9.17) is 9.16 Å². The zero-order valence-electron chi connectivity index (χ0n) is 27.4. The molecule has 1 unspecified atom stereocenters. The SMILES string of the molecule is CO/N=C/C=C/C(=O)N/C=C/C[C@@H](CC(=O)O)OC(=O)c1c(O)cccc1C/C=C(/C)C(/C=C/[C@@H](C)O)O[Si](C)(C)C(C)(C)C. The second-order valence-corrected chi connectivity index (χ2v) is 16.7. The van der Waals surface area contributed by atoms with E-state index in [-0.39, 0.29) is 29.2 Å². The second-order valence-electron chi connectivity index (χ2n) is 12.0. The molecule has 3 atom stereocenters. The summed E-state index contributed by atoms with van der Waals surface area (Å²) in [6, 6.07) is 4.65. The standard InChI is InChI=1S/C33H48N2O9Si/c1-23(28(19-17-24(2)36)44-45(7,8)33(3,4)5)16-18-25-12-9-14-27(37)31(25)32(41)43-26(22-30(39)40)13-10-20-34-29(38)15-11-21-35-42-6/h9-12,14-17,19-21,24,26,28,36-37H,13,18,22H2,1-8H3,(H,34,38)(H,39,40)/b15-11+,19-17+,20-10+,23-16-,35-21+/t24-,26+,28?/m1/s1. The van der Waals surface area contributed by atoms with Crippen molar-refractivity contribution < 1.29 is 43.7 Å². The minimum atomic E-state index is -2.19. The van der Waals surface area contributed by atoms with Gasteiger partial charge in [-0.3, -0.25) is 9.59 Å². The Morgan fingerprint density at radius 1 is 1.16 bits per heavy atom. The molecule has 0 radical (unpaired) electrons. The number of carboxylic acid groups (broad SMARTS) is 1. The van der Waals surface area contributed by atoms with Gasteiger partial charge in [0.05, 0.1) is 24.8 Å². The predicted molar refractivity (Wildman–Crippen MR) is 176 cm³/mol. The molecular weight excluding hydrogens is 596 g/mol. The number of nitrogens with one attached hydrogen (secondary N) is 1. The van der Waals surface area contributed by atoms with Gasteiger partial charge in [0.2, 0.25) is 5.91 Å². The topological polar surface area (TPSA) is 164 Å². The van der Waals surface area contributed by atoms with Gasteiger partial charge in [0, 0.05) is 18.7 Å². The smallest absolute Gasteiger partial charge is 0.342 e. The fourth-order valence-corrected chi connectivity index (χ4v) is 4.89. The van der Waals surface area contributed by atoms with Crippen LogP contribution in [-0.2, 0) is 30.0 Å². The van der Waals surface area contributed by atoms with Crippen molar-refractivity contribution in [1.29, 1.82) is 0 Å². The van der Waals surface area contributed by atoms with Crippen molar-refractivity contribution in [3.8, 4) is 5.75 Å². The summed E-state index contributed by atoms with van der Waals surface area (Å²) >= 11 is 0. The average Bonchev–Trinajstić information content (AvgIpc) is 2.93. The third-order valence-corrected chi connectivity index (χ3v) is 11.6. The van der Waals surface area contributed by atoms with Gasteiger partial charge in [-0.05, 0) is 61.7 Å². The van der Waals surface area contributed by atoms with Gasteiger partial charge in [-0.15, -0.1) is 0 Å². The van der Waals surface area contributed by atoms with Crippen molar-refractivity contribution in [2.45, 2.75) is 90.3 Å². The summed E-state index contributed by atoms with van der Waals surface area (Å²) in [5.41, 5.74) is 1.26. The molecule has 0 fully saturated rings. The number of esters is 1. The number of aliphatic hydroxyl groups is 1. The number of allylic oxidation sites excluding steroid dienone is 2. The molecule has 4 N–H and O–H groups in total. The Hall–Kier alpha value is -4.00. The number of aliphatic carboxylic acids is 1. The van der Waals surface area contributed by atoms with Crippen LogP contribution in [0.4, 0.5) is 0 Å². The van der Waals surface area contributed by atoms with Gasteiger partial charge in [-0.2, -0.15) is 0 Å². The largest absolute Gasteiger partial charge is 0.507 e. The first-order chi connectivity index (χ1) is 21.0. The summed E-state index contributed by atoms with van der Waals surface area (Å²) < 4.78 is 12.1. The Morgan fingerprint density at radius 3 is 2.44 bits per heavy atom. The average molecular weight is 645 g/mol. The van der Waals surface area contributed by atoms with Crippen molar-refractivity contribution in [2.75, 3.05) is 7.11 Å². The number of carbonyl (C=O) groups is 3. The number of phenols is 1. The van der Waals surface area contributed by atoms with Crippen molar-refractivity contribution >= 4 is 32.4 Å². The third-order valence-electron chi connectivity index (χ3n) is 7.14. The van der Waals surface area contributed by atoms with E-state index in [1.165, 1.54) is 43.8 Å². The van der Waals surface area contributed by atoms with Crippen molar-refractivity contribution in [3.05, 3.63) is 77.6 Å². The van der Waals surface area contributed by atoms with E-state index in [0.717, 1.165) is 5.57 Å². The molecule has 1 amide bonds. The lowest BCUT2D eigenvalue weighted by molar-refractivity contribution is -0.139. The molecule has 0 aliphatic heterocycles. The van der Waals surface area contributed by atoms with E-state index >= 15 is 0 Å². The van der Waals surface area contributed by atoms with Crippen molar-refractivity contribution in [3.63, 3.8) is 0 Å². The Balaban J connectivity index is 3.17. The van der Waals surface area contributed by atoms with Crippen LogP contribution in [0.2, 0.25) is 18.1 Å². The molecule has 0 saturated carbocycles. The highest BCUT2D eigenvalue weighted by Gasteiger charge is 2.39. The Morgan fingerprint density at radius 2 is 1.84 bits per heavy atom. The first kappa shape index (κ1) is 39.0. The Labute approximate surface area is 267 Å². The molecule has 0 heterocycles. The number of hydrogen-bond acceptors (Lipinski definition) is 9. The molecule has 0 aromatic heterocycles. The van der Waals surface area contributed by atoms with Crippen LogP contribution in [0.25, 0.3) is 0 Å².